The Balaban J connectivity index is 1.83. The Morgan fingerprint density at radius 3 is 2.67 bits per heavy atom. The van der Waals surface area contributed by atoms with E-state index in [0.29, 0.717) is 28.1 Å². The molecular formula is C23H21N3O4. The van der Waals surface area contributed by atoms with Crippen molar-refractivity contribution in [3.05, 3.63) is 81.8 Å². The number of hydrogen-bond donors (Lipinski definition) is 1. The lowest BCUT2D eigenvalue weighted by Gasteiger charge is -2.11. The molecule has 4 aromatic rings. The van der Waals surface area contributed by atoms with E-state index < -0.39 is 5.91 Å². The monoisotopic (exact) mass is 403 g/mol. The third kappa shape index (κ3) is 3.51. The van der Waals surface area contributed by atoms with Gasteiger partial charge in [0.1, 0.15) is 11.5 Å². The SMILES string of the molecule is COCc1nn(C)cc1NC(=O)c1cccc2c(=O)c(C)c(-c3ccccc3)oc12. The van der Waals surface area contributed by atoms with Crippen LogP contribution in [0.3, 0.4) is 0 Å². The number of aryl methyl sites for hydroxylation is 1. The van der Waals surface area contributed by atoms with Crippen molar-refractivity contribution >= 4 is 22.6 Å². The molecule has 0 saturated heterocycles. The largest absolute Gasteiger partial charge is 0.455 e. The Hall–Kier alpha value is -3.71. The van der Waals surface area contributed by atoms with Gasteiger partial charge < -0.3 is 14.5 Å². The van der Waals surface area contributed by atoms with Crippen LogP contribution in [0.1, 0.15) is 21.6 Å². The van der Waals surface area contributed by atoms with Crippen LogP contribution < -0.4 is 10.7 Å². The average molecular weight is 403 g/mol. The highest BCUT2D eigenvalue weighted by Crippen LogP contribution is 2.28. The number of ether oxygens (including phenoxy) is 1. The number of rotatable bonds is 5. The number of carbonyl (C=O) groups is 1. The topological polar surface area (TPSA) is 86.4 Å². The Labute approximate surface area is 172 Å². The first-order valence-electron chi connectivity index (χ1n) is 9.44. The number of benzene rings is 2. The van der Waals surface area contributed by atoms with Gasteiger partial charge in [-0.1, -0.05) is 36.4 Å². The van der Waals surface area contributed by atoms with Crippen LogP contribution >= 0.6 is 0 Å². The molecule has 0 unspecified atom stereocenters. The van der Waals surface area contributed by atoms with Gasteiger partial charge in [0.05, 0.1) is 23.2 Å². The number of methoxy groups -OCH3 is 1. The number of amides is 1. The van der Waals surface area contributed by atoms with Gasteiger partial charge in [-0.25, -0.2) is 0 Å². The molecule has 0 bridgehead atoms. The second kappa shape index (κ2) is 7.96. The summed E-state index contributed by atoms with van der Waals surface area (Å²) >= 11 is 0. The summed E-state index contributed by atoms with van der Waals surface area (Å²) in [6, 6.07) is 14.3. The summed E-state index contributed by atoms with van der Waals surface area (Å²) in [5.41, 5.74) is 2.79. The van der Waals surface area contributed by atoms with Crippen LogP contribution in [0.2, 0.25) is 0 Å². The van der Waals surface area contributed by atoms with E-state index in [9.17, 15) is 9.59 Å². The summed E-state index contributed by atoms with van der Waals surface area (Å²) in [6.07, 6.45) is 1.70. The molecule has 0 saturated carbocycles. The molecule has 0 spiro atoms. The lowest BCUT2D eigenvalue weighted by atomic mass is 10.0. The van der Waals surface area contributed by atoms with Gasteiger partial charge in [-0.3, -0.25) is 14.3 Å². The highest BCUT2D eigenvalue weighted by atomic mass is 16.5. The summed E-state index contributed by atoms with van der Waals surface area (Å²) in [7, 11) is 3.33. The van der Waals surface area contributed by atoms with Crippen molar-refractivity contribution in [2.45, 2.75) is 13.5 Å². The predicted octanol–water partition coefficient (Wildman–Crippen LogP) is 3.90. The highest BCUT2D eigenvalue weighted by molar-refractivity contribution is 6.11. The number of nitrogens with zero attached hydrogens (tertiary/aromatic N) is 2. The first kappa shape index (κ1) is 19.6. The number of fused-ring (bicyclic) bond motifs is 1. The Morgan fingerprint density at radius 1 is 1.17 bits per heavy atom. The number of anilines is 1. The Bertz CT molecular complexity index is 1290. The fourth-order valence-electron chi connectivity index (χ4n) is 3.43. The van der Waals surface area contributed by atoms with Crippen LogP contribution in [0, 0.1) is 6.92 Å². The average Bonchev–Trinajstić information content (AvgIpc) is 3.09. The normalized spacial score (nSPS) is 11.0. The summed E-state index contributed by atoms with van der Waals surface area (Å²) < 4.78 is 12.9. The van der Waals surface area contributed by atoms with Crippen molar-refractivity contribution in [1.29, 1.82) is 0 Å². The van der Waals surface area contributed by atoms with Gasteiger partial charge in [-0.05, 0) is 19.1 Å². The van der Waals surface area contributed by atoms with Gasteiger partial charge in [-0.2, -0.15) is 5.10 Å². The number of nitrogens with one attached hydrogen (secondary N) is 1. The van der Waals surface area contributed by atoms with E-state index in [0.717, 1.165) is 5.56 Å². The molecule has 7 nitrogen and oxygen atoms in total. The fourth-order valence-corrected chi connectivity index (χ4v) is 3.43. The zero-order chi connectivity index (χ0) is 21.3. The number of para-hydroxylation sites is 1. The summed E-state index contributed by atoms with van der Waals surface area (Å²) in [5, 5.41) is 7.51. The Morgan fingerprint density at radius 2 is 1.93 bits per heavy atom. The molecular weight excluding hydrogens is 382 g/mol. The van der Waals surface area contributed by atoms with Crippen molar-refractivity contribution in [3.63, 3.8) is 0 Å². The maximum Gasteiger partial charge on any atom is 0.259 e. The molecule has 152 valence electrons. The molecule has 0 aliphatic heterocycles. The van der Waals surface area contributed by atoms with Gasteiger partial charge in [0.25, 0.3) is 5.91 Å². The second-order valence-corrected chi connectivity index (χ2v) is 6.98. The molecule has 7 heteroatoms. The summed E-state index contributed by atoms with van der Waals surface area (Å²) in [6.45, 7) is 1.99. The minimum Gasteiger partial charge on any atom is -0.455 e. The molecule has 30 heavy (non-hydrogen) atoms. The first-order chi connectivity index (χ1) is 14.5. The third-order valence-corrected chi connectivity index (χ3v) is 4.86. The number of carbonyl (C=O) groups excluding carboxylic acids is 1. The molecule has 0 aliphatic carbocycles. The van der Waals surface area contributed by atoms with Gasteiger partial charge in [0.15, 0.2) is 11.0 Å². The quantitative estimate of drug-likeness (QED) is 0.546. The molecule has 4 rings (SSSR count). The lowest BCUT2D eigenvalue weighted by molar-refractivity contribution is 0.102. The summed E-state index contributed by atoms with van der Waals surface area (Å²) in [4.78, 5) is 26.1. The standard InChI is InChI=1S/C23H21N3O4/c1-14-20(27)16-10-7-11-17(22(16)30-21(14)15-8-5-4-6-9-15)23(28)24-18-12-26(2)25-19(18)13-29-3/h4-12H,13H2,1-3H3,(H,24,28). The maximum absolute atomic E-state index is 13.1. The van der Waals surface area contributed by atoms with E-state index in [1.165, 1.54) is 0 Å². The molecule has 0 fully saturated rings. The predicted molar refractivity (Wildman–Crippen MR) is 115 cm³/mol. The molecule has 2 aromatic heterocycles. The van der Waals surface area contributed by atoms with E-state index in [-0.39, 0.29) is 23.2 Å². The van der Waals surface area contributed by atoms with Gasteiger partial charge in [-0.15, -0.1) is 0 Å². The van der Waals surface area contributed by atoms with Crippen LogP contribution in [0.25, 0.3) is 22.3 Å². The Kier molecular flexibility index (Phi) is 5.20. The van der Waals surface area contributed by atoms with E-state index in [4.69, 9.17) is 9.15 Å². The molecule has 1 amide bonds. The van der Waals surface area contributed by atoms with Gasteiger partial charge in [0.2, 0.25) is 0 Å². The third-order valence-electron chi connectivity index (χ3n) is 4.86. The minimum absolute atomic E-state index is 0.161. The van der Waals surface area contributed by atoms with E-state index in [1.807, 2.05) is 30.3 Å². The number of aromatic nitrogens is 2. The van der Waals surface area contributed by atoms with Gasteiger partial charge in [0, 0.05) is 31.5 Å². The second-order valence-electron chi connectivity index (χ2n) is 6.98. The molecule has 1 N–H and O–H groups in total. The van der Waals surface area contributed by atoms with Crippen LogP contribution in [0.15, 0.2) is 63.9 Å². The van der Waals surface area contributed by atoms with E-state index >= 15 is 0 Å². The zero-order valence-electron chi connectivity index (χ0n) is 16.9. The lowest BCUT2D eigenvalue weighted by Crippen LogP contribution is -2.15. The number of hydrogen-bond acceptors (Lipinski definition) is 5. The van der Waals surface area contributed by atoms with Crippen molar-refractivity contribution < 1.29 is 13.9 Å². The van der Waals surface area contributed by atoms with Crippen LogP contribution in [-0.2, 0) is 18.4 Å². The van der Waals surface area contributed by atoms with Crippen molar-refractivity contribution in [2.75, 3.05) is 12.4 Å². The summed E-state index contributed by atoms with van der Waals surface area (Å²) in [5.74, 6) is 0.0618. The van der Waals surface area contributed by atoms with Crippen molar-refractivity contribution in [1.82, 2.24) is 9.78 Å². The molecule has 2 aromatic carbocycles. The fraction of sp³-hybridized carbons (Fsp3) is 0.174. The molecule has 2 heterocycles. The van der Waals surface area contributed by atoms with E-state index in [2.05, 4.69) is 10.4 Å². The molecule has 0 atom stereocenters. The van der Waals surface area contributed by atoms with E-state index in [1.54, 1.807) is 50.2 Å². The zero-order valence-corrected chi connectivity index (χ0v) is 16.9. The molecule has 0 radical (unpaired) electrons. The van der Waals surface area contributed by atoms with Crippen LogP contribution in [0.5, 0.6) is 0 Å². The van der Waals surface area contributed by atoms with Crippen LogP contribution in [-0.4, -0.2) is 22.8 Å². The maximum atomic E-state index is 13.1. The van der Waals surface area contributed by atoms with Gasteiger partial charge >= 0.3 is 0 Å². The minimum atomic E-state index is -0.392. The van der Waals surface area contributed by atoms with Crippen LogP contribution in [0.4, 0.5) is 5.69 Å². The van der Waals surface area contributed by atoms with Crippen molar-refractivity contribution in [2.24, 2.45) is 7.05 Å². The van der Waals surface area contributed by atoms with Crippen molar-refractivity contribution in [3.8, 4) is 11.3 Å². The molecule has 0 aliphatic rings. The highest BCUT2D eigenvalue weighted by Gasteiger charge is 2.20. The smallest absolute Gasteiger partial charge is 0.259 e. The first-order valence-corrected chi connectivity index (χ1v) is 9.44.